The van der Waals surface area contributed by atoms with Gasteiger partial charge in [0, 0.05) is 13.0 Å². The molecular formula is C10H21NO2. The monoisotopic (exact) mass is 187 g/mol. The highest BCUT2D eigenvalue weighted by atomic mass is 16.5. The summed E-state index contributed by atoms with van der Waals surface area (Å²) in [5.41, 5.74) is 0. The molecule has 0 aromatic heterocycles. The number of ether oxygens (including phenoxy) is 1. The highest BCUT2D eigenvalue weighted by Gasteiger charge is 2.00. The lowest BCUT2D eigenvalue weighted by Gasteiger charge is -2.04. The zero-order valence-corrected chi connectivity index (χ0v) is 8.77. The van der Waals surface area contributed by atoms with Crippen LogP contribution in [0.1, 0.15) is 39.5 Å². The molecule has 0 saturated heterocycles. The van der Waals surface area contributed by atoms with Crippen molar-refractivity contribution < 1.29 is 9.53 Å². The zero-order valence-electron chi connectivity index (χ0n) is 8.77. The van der Waals surface area contributed by atoms with E-state index in [-0.39, 0.29) is 5.97 Å². The summed E-state index contributed by atoms with van der Waals surface area (Å²) in [4.78, 5) is 11.0. The second-order valence-electron chi connectivity index (χ2n) is 3.03. The fraction of sp³-hybridized carbons (Fsp3) is 0.900. The largest absolute Gasteiger partial charge is 0.464 e. The second kappa shape index (κ2) is 9.52. The average Bonchev–Trinajstić information content (AvgIpc) is 2.13. The normalized spacial score (nSPS) is 10.0. The first kappa shape index (κ1) is 12.4. The maximum Gasteiger partial charge on any atom is 0.305 e. The van der Waals surface area contributed by atoms with E-state index in [9.17, 15) is 4.79 Å². The molecule has 0 aromatic rings. The molecule has 3 nitrogen and oxygen atoms in total. The van der Waals surface area contributed by atoms with Crippen molar-refractivity contribution in [1.82, 2.24) is 5.32 Å². The van der Waals surface area contributed by atoms with Gasteiger partial charge in [-0.15, -0.1) is 0 Å². The summed E-state index contributed by atoms with van der Waals surface area (Å²) >= 11 is 0. The second-order valence-corrected chi connectivity index (χ2v) is 3.03. The van der Waals surface area contributed by atoms with Gasteiger partial charge in [0.1, 0.15) is 6.61 Å². The number of hydrogen-bond acceptors (Lipinski definition) is 3. The summed E-state index contributed by atoms with van der Waals surface area (Å²) < 4.78 is 4.99. The Morgan fingerprint density at radius 1 is 1.31 bits per heavy atom. The van der Waals surface area contributed by atoms with Gasteiger partial charge >= 0.3 is 5.97 Å². The van der Waals surface area contributed by atoms with E-state index >= 15 is 0 Å². The summed E-state index contributed by atoms with van der Waals surface area (Å²) in [6.45, 7) is 6.34. The predicted molar refractivity (Wildman–Crippen MR) is 53.6 cm³/mol. The number of hydrogen-bond donors (Lipinski definition) is 1. The molecule has 0 fully saturated rings. The molecule has 0 aromatic carbocycles. The van der Waals surface area contributed by atoms with E-state index in [0.717, 1.165) is 32.4 Å². The summed E-state index contributed by atoms with van der Waals surface area (Å²) in [5.74, 6) is -0.0636. The van der Waals surface area contributed by atoms with E-state index in [1.54, 1.807) is 0 Å². The Bertz CT molecular complexity index is 126. The molecule has 1 N–H and O–H groups in total. The van der Waals surface area contributed by atoms with Gasteiger partial charge in [-0.05, 0) is 13.0 Å². The van der Waals surface area contributed by atoms with Crippen LogP contribution in [-0.4, -0.2) is 25.7 Å². The molecule has 0 atom stereocenters. The molecule has 0 unspecified atom stereocenters. The highest BCUT2D eigenvalue weighted by molar-refractivity contribution is 5.69. The molecule has 3 heteroatoms. The predicted octanol–water partition coefficient (Wildman–Crippen LogP) is 1.72. The number of esters is 1. The Hall–Kier alpha value is -0.570. The Morgan fingerprint density at radius 2 is 2.08 bits per heavy atom. The smallest absolute Gasteiger partial charge is 0.305 e. The first-order valence-corrected chi connectivity index (χ1v) is 5.17. The van der Waals surface area contributed by atoms with Crippen molar-refractivity contribution in [1.29, 1.82) is 0 Å². The SMILES string of the molecule is CCCCCC(=O)OCCNCC. The van der Waals surface area contributed by atoms with Crippen molar-refractivity contribution in [2.45, 2.75) is 39.5 Å². The number of likely N-dealkylation sites (N-methyl/N-ethyl adjacent to an activating group) is 1. The molecule has 13 heavy (non-hydrogen) atoms. The first-order valence-electron chi connectivity index (χ1n) is 5.17. The van der Waals surface area contributed by atoms with E-state index < -0.39 is 0 Å². The van der Waals surface area contributed by atoms with Gasteiger partial charge in [-0.1, -0.05) is 26.7 Å². The van der Waals surface area contributed by atoms with Gasteiger partial charge in [0.05, 0.1) is 0 Å². The Balaban J connectivity index is 3.11. The molecule has 0 spiro atoms. The van der Waals surface area contributed by atoms with Gasteiger partial charge in [-0.2, -0.15) is 0 Å². The number of carbonyl (C=O) groups is 1. The van der Waals surface area contributed by atoms with Crippen LogP contribution in [0.2, 0.25) is 0 Å². The van der Waals surface area contributed by atoms with Crippen molar-refractivity contribution >= 4 is 5.97 Å². The summed E-state index contributed by atoms with van der Waals surface area (Å²) in [7, 11) is 0. The third-order valence-corrected chi connectivity index (χ3v) is 1.78. The maximum atomic E-state index is 11.0. The maximum absolute atomic E-state index is 11.0. The molecule has 0 aliphatic rings. The molecule has 0 aliphatic carbocycles. The van der Waals surface area contributed by atoms with Gasteiger partial charge in [0.25, 0.3) is 0 Å². The van der Waals surface area contributed by atoms with Crippen molar-refractivity contribution in [2.24, 2.45) is 0 Å². The van der Waals surface area contributed by atoms with Crippen LogP contribution in [-0.2, 0) is 9.53 Å². The molecular weight excluding hydrogens is 166 g/mol. The minimum atomic E-state index is -0.0636. The van der Waals surface area contributed by atoms with E-state index in [4.69, 9.17) is 4.74 Å². The first-order chi connectivity index (χ1) is 6.31. The lowest BCUT2D eigenvalue weighted by atomic mass is 10.2. The van der Waals surface area contributed by atoms with E-state index in [1.165, 1.54) is 0 Å². The van der Waals surface area contributed by atoms with E-state index in [1.807, 2.05) is 6.92 Å². The number of rotatable bonds is 8. The summed E-state index contributed by atoms with van der Waals surface area (Å²) in [6.07, 6.45) is 3.78. The molecule has 0 radical (unpaired) electrons. The van der Waals surface area contributed by atoms with Gasteiger partial charge in [-0.25, -0.2) is 0 Å². The Morgan fingerprint density at radius 3 is 2.69 bits per heavy atom. The van der Waals surface area contributed by atoms with Crippen LogP contribution < -0.4 is 5.32 Å². The summed E-state index contributed by atoms with van der Waals surface area (Å²) in [5, 5.41) is 3.09. The minimum absolute atomic E-state index is 0.0636. The molecule has 0 bridgehead atoms. The number of unbranched alkanes of at least 4 members (excludes halogenated alkanes) is 2. The highest BCUT2D eigenvalue weighted by Crippen LogP contribution is 1.99. The van der Waals surface area contributed by atoms with Crippen molar-refractivity contribution in [3.8, 4) is 0 Å². The fourth-order valence-corrected chi connectivity index (χ4v) is 1.01. The van der Waals surface area contributed by atoms with Crippen molar-refractivity contribution in [3.63, 3.8) is 0 Å². The lowest BCUT2D eigenvalue weighted by molar-refractivity contribution is -0.143. The van der Waals surface area contributed by atoms with Crippen molar-refractivity contribution in [3.05, 3.63) is 0 Å². The Kier molecular flexibility index (Phi) is 9.10. The third-order valence-electron chi connectivity index (χ3n) is 1.78. The molecule has 0 heterocycles. The summed E-state index contributed by atoms with van der Waals surface area (Å²) in [6, 6.07) is 0. The van der Waals surface area contributed by atoms with Crippen LogP contribution in [0.25, 0.3) is 0 Å². The van der Waals surface area contributed by atoms with Crippen LogP contribution in [0.4, 0.5) is 0 Å². The van der Waals surface area contributed by atoms with Gasteiger partial charge < -0.3 is 10.1 Å². The van der Waals surface area contributed by atoms with Crippen molar-refractivity contribution in [2.75, 3.05) is 19.7 Å². The molecule has 78 valence electrons. The molecule has 0 rings (SSSR count). The zero-order chi connectivity index (χ0) is 9.94. The van der Waals surface area contributed by atoms with Crippen LogP contribution in [0.15, 0.2) is 0 Å². The lowest BCUT2D eigenvalue weighted by Crippen LogP contribution is -2.20. The van der Waals surface area contributed by atoms with E-state index in [0.29, 0.717) is 13.0 Å². The molecule has 0 saturated carbocycles. The van der Waals surface area contributed by atoms with Gasteiger partial charge in [0.2, 0.25) is 0 Å². The van der Waals surface area contributed by atoms with Crippen LogP contribution in [0.5, 0.6) is 0 Å². The minimum Gasteiger partial charge on any atom is -0.464 e. The molecule has 0 aliphatic heterocycles. The topological polar surface area (TPSA) is 38.3 Å². The van der Waals surface area contributed by atoms with Crippen LogP contribution in [0, 0.1) is 0 Å². The standard InChI is InChI=1S/C10H21NO2/c1-3-5-6-7-10(12)13-9-8-11-4-2/h11H,3-9H2,1-2H3. The fourth-order valence-electron chi connectivity index (χ4n) is 1.01. The van der Waals surface area contributed by atoms with E-state index in [2.05, 4.69) is 12.2 Å². The average molecular weight is 187 g/mol. The Labute approximate surface area is 80.8 Å². The van der Waals surface area contributed by atoms with Crippen LogP contribution >= 0.6 is 0 Å². The third kappa shape index (κ3) is 9.34. The van der Waals surface area contributed by atoms with Crippen LogP contribution in [0.3, 0.4) is 0 Å². The number of carbonyl (C=O) groups excluding carboxylic acids is 1. The van der Waals surface area contributed by atoms with Gasteiger partial charge in [-0.3, -0.25) is 4.79 Å². The quantitative estimate of drug-likeness (QED) is 0.464. The number of nitrogens with one attached hydrogen (secondary N) is 1. The molecule has 0 amide bonds. The van der Waals surface area contributed by atoms with Gasteiger partial charge in [0.15, 0.2) is 0 Å².